The van der Waals surface area contributed by atoms with Crippen LogP contribution in [-0.2, 0) is 17.9 Å². The van der Waals surface area contributed by atoms with Gasteiger partial charge in [0.05, 0.1) is 13.2 Å². The standard InChI is InChI=1S/C9H8ClN3O2/c10-8-1-6(3-12-13-11)9-7(2-8)4-14-5-15-9/h1-2H,3-5H2. The largest absolute Gasteiger partial charge is 0.467 e. The Kier molecular flexibility index (Phi) is 2.97. The maximum Gasteiger partial charge on any atom is 0.189 e. The van der Waals surface area contributed by atoms with Crippen LogP contribution in [0.3, 0.4) is 0 Å². The van der Waals surface area contributed by atoms with E-state index in [9.17, 15) is 0 Å². The quantitative estimate of drug-likeness (QED) is 0.441. The lowest BCUT2D eigenvalue weighted by Crippen LogP contribution is -2.12. The fraction of sp³-hybridized carbons (Fsp3) is 0.333. The van der Waals surface area contributed by atoms with Gasteiger partial charge in [0.25, 0.3) is 0 Å². The molecule has 0 unspecified atom stereocenters. The second-order valence-corrected chi connectivity index (χ2v) is 3.49. The van der Waals surface area contributed by atoms with Crippen molar-refractivity contribution in [3.8, 4) is 5.75 Å². The van der Waals surface area contributed by atoms with Gasteiger partial charge in [0.15, 0.2) is 6.79 Å². The average Bonchev–Trinajstić information content (AvgIpc) is 2.25. The summed E-state index contributed by atoms with van der Waals surface area (Å²) in [5.74, 6) is 0.720. The number of rotatable bonds is 2. The van der Waals surface area contributed by atoms with E-state index in [4.69, 9.17) is 26.6 Å². The van der Waals surface area contributed by atoms with Crippen molar-refractivity contribution >= 4 is 11.6 Å². The van der Waals surface area contributed by atoms with Crippen LogP contribution in [0.4, 0.5) is 0 Å². The predicted octanol–water partition coefficient (Wildman–Crippen LogP) is 3.02. The topological polar surface area (TPSA) is 67.2 Å². The Labute approximate surface area is 91.2 Å². The maximum atomic E-state index is 8.26. The third kappa shape index (κ3) is 2.15. The molecule has 6 heteroatoms. The molecular formula is C9H8ClN3O2. The molecule has 5 nitrogen and oxygen atoms in total. The fourth-order valence-corrected chi connectivity index (χ4v) is 1.75. The first kappa shape index (κ1) is 10.1. The van der Waals surface area contributed by atoms with Gasteiger partial charge in [-0.3, -0.25) is 0 Å². The van der Waals surface area contributed by atoms with Gasteiger partial charge in [-0.05, 0) is 17.7 Å². The van der Waals surface area contributed by atoms with Crippen molar-refractivity contribution < 1.29 is 9.47 Å². The Morgan fingerprint density at radius 3 is 3.20 bits per heavy atom. The van der Waals surface area contributed by atoms with E-state index in [-0.39, 0.29) is 13.3 Å². The minimum atomic E-state index is 0.220. The first-order valence-electron chi connectivity index (χ1n) is 4.34. The molecule has 1 aliphatic rings. The zero-order valence-electron chi connectivity index (χ0n) is 7.81. The molecule has 2 rings (SSSR count). The first-order valence-corrected chi connectivity index (χ1v) is 4.72. The molecule has 0 bridgehead atoms. The lowest BCUT2D eigenvalue weighted by atomic mass is 10.1. The van der Waals surface area contributed by atoms with E-state index < -0.39 is 0 Å². The second-order valence-electron chi connectivity index (χ2n) is 3.05. The average molecular weight is 226 g/mol. The summed E-state index contributed by atoms with van der Waals surface area (Å²) in [6, 6.07) is 3.52. The SMILES string of the molecule is [N-]=[N+]=NCc1cc(Cl)cc2c1OCOC2. The Morgan fingerprint density at radius 2 is 2.40 bits per heavy atom. The van der Waals surface area contributed by atoms with Crippen LogP contribution in [0, 0.1) is 0 Å². The van der Waals surface area contributed by atoms with Gasteiger partial charge in [-0.25, -0.2) is 0 Å². The molecule has 0 aromatic heterocycles. The number of halogens is 1. The molecule has 0 fully saturated rings. The van der Waals surface area contributed by atoms with Crippen molar-refractivity contribution in [1.82, 2.24) is 0 Å². The van der Waals surface area contributed by atoms with E-state index in [1.807, 2.05) is 0 Å². The van der Waals surface area contributed by atoms with Gasteiger partial charge in [-0.2, -0.15) is 0 Å². The molecule has 1 aromatic carbocycles. The van der Waals surface area contributed by atoms with Crippen LogP contribution in [0.25, 0.3) is 10.4 Å². The number of benzene rings is 1. The number of hydrogen-bond acceptors (Lipinski definition) is 3. The number of fused-ring (bicyclic) bond motifs is 1. The Bertz CT molecular complexity index is 430. The summed E-state index contributed by atoms with van der Waals surface area (Å²) in [4.78, 5) is 2.70. The molecule has 0 spiro atoms. The second kappa shape index (κ2) is 4.40. The third-order valence-electron chi connectivity index (χ3n) is 2.06. The molecule has 15 heavy (non-hydrogen) atoms. The summed E-state index contributed by atoms with van der Waals surface area (Å²) >= 11 is 5.91. The minimum Gasteiger partial charge on any atom is -0.467 e. The van der Waals surface area contributed by atoms with E-state index >= 15 is 0 Å². The van der Waals surface area contributed by atoms with Crippen LogP contribution >= 0.6 is 11.6 Å². The summed E-state index contributed by atoms with van der Waals surface area (Å²) < 4.78 is 10.5. The molecule has 1 aliphatic heterocycles. The summed E-state index contributed by atoms with van der Waals surface area (Å²) in [7, 11) is 0. The maximum absolute atomic E-state index is 8.26. The van der Waals surface area contributed by atoms with Crippen molar-refractivity contribution in [2.24, 2.45) is 5.11 Å². The van der Waals surface area contributed by atoms with Gasteiger partial charge in [-0.15, -0.1) is 0 Å². The summed E-state index contributed by atoms with van der Waals surface area (Å²) in [6.07, 6.45) is 0. The Morgan fingerprint density at radius 1 is 1.53 bits per heavy atom. The van der Waals surface area contributed by atoms with E-state index in [1.165, 1.54) is 0 Å². The van der Waals surface area contributed by atoms with Gasteiger partial charge in [0, 0.05) is 21.1 Å². The molecule has 0 atom stereocenters. The highest BCUT2D eigenvalue weighted by atomic mass is 35.5. The molecule has 0 radical (unpaired) electrons. The van der Waals surface area contributed by atoms with Crippen LogP contribution < -0.4 is 4.74 Å². The highest BCUT2D eigenvalue weighted by Gasteiger charge is 2.15. The molecular weight excluding hydrogens is 218 g/mol. The van der Waals surface area contributed by atoms with Crippen molar-refractivity contribution in [2.75, 3.05) is 6.79 Å². The molecule has 1 aromatic rings. The molecule has 0 N–H and O–H groups in total. The van der Waals surface area contributed by atoms with Crippen molar-refractivity contribution in [3.63, 3.8) is 0 Å². The van der Waals surface area contributed by atoms with Crippen LogP contribution in [0.15, 0.2) is 17.2 Å². The van der Waals surface area contributed by atoms with Gasteiger partial charge in [0.1, 0.15) is 5.75 Å². The van der Waals surface area contributed by atoms with Crippen LogP contribution in [-0.4, -0.2) is 6.79 Å². The number of nitrogens with zero attached hydrogens (tertiary/aromatic N) is 3. The smallest absolute Gasteiger partial charge is 0.189 e. The monoisotopic (exact) mass is 225 g/mol. The van der Waals surface area contributed by atoms with Crippen LogP contribution in [0.2, 0.25) is 5.02 Å². The predicted molar refractivity (Wildman–Crippen MR) is 54.6 cm³/mol. The summed E-state index contributed by atoms with van der Waals surface area (Å²) in [5, 5.41) is 4.08. The van der Waals surface area contributed by atoms with Crippen LogP contribution in [0.1, 0.15) is 11.1 Å². The molecule has 0 aliphatic carbocycles. The van der Waals surface area contributed by atoms with Crippen molar-refractivity contribution in [1.29, 1.82) is 0 Å². The van der Waals surface area contributed by atoms with E-state index in [0.29, 0.717) is 11.6 Å². The summed E-state index contributed by atoms with van der Waals surface area (Å²) in [6.45, 7) is 0.927. The summed E-state index contributed by atoms with van der Waals surface area (Å²) in [5.41, 5.74) is 9.94. The lowest BCUT2D eigenvalue weighted by molar-refractivity contribution is -0.0170. The first-order chi connectivity index (χ1) is 7.31. The highest BCUT2D eigenvalue weighted by Crippen LogP contribution is 2.31. The van der Waals surface area contributed by atoms with Gasteiger partial charge in [-0.1, -0.05) is 16.7 Å². The number of hydrogen-bond donors (Lipinski definition) is 0. The van der Waals surface area contributed by atoms with E-state index in [1.54, 1.807) is 12.1 Å². The zero-order valence-corrected chi connectivity index (χ0v) is 8.57. The van der Waals surface area contributed by atoms with Crippen molar-refractivity contribution in [2.45, 2.75) is 13.2 Å². The van der Waals surface area contributed by atoms with E-state index in [0.717, 1.165) is 16.9 Å². The molecule has 1 heterocycles. The van der Waals surface area contributed by atoms with Gasteiger partial charge < -0.3 is 9.47 Å². The number of azide groups is 1. The molecule has 0 amide bonds. The fourth-order valence-electron chi connectivity index (χ4n) is 1.48. The normalized spacial score (nSPS) is 13.7. The molecule has 0 saturated heterocycles. The van der Waals surface area contributed by atoms with Crippen molar-refractivity contribution in [3.05, 3.63) is 38.7 Å². The number of ether oxygens (including phenoxy) is 2. The molecule has 0 saturated carbocycles. The third-order valence-corrected chi connectivity index (χ3v) is 2.27. The Balaban J connectivity index is 2.42. The lowest BCUT2D eigenvalue weighted by Gasteiger charge is -2.20. The zero-order chi connectivity index (χ0) is 10.7. The Hall–Kier alpha value is -1.42. The van der Waals surface area contributed by atoms with E-state index in [2.05, 4.69) is 10.0 Å². The van der Waals surface area contributed by atoms with Gasteiger partial charge >= 0.3 is 0 Å². The molecule has 78 valence electrons. The minimum absolute atomic E-state index is 0.220. The highest BCUT2D eigenvalue weighted by molar-refractivity contribution is 6.30. The van der Waals surface area contributed by atoms with Crippen LogP contribution in [0.5, 0.6) is 5.75 Å². The van der Waals surface area contributed by atoms with Gasteiger partial charge in [0.2, 0.25) is 0 Å².